The van der Waals surface area contributed by atoms with Gasteiger partial charge in [0, 0.05) is 30.4 Å². The first-order chi connectivity index (χ1) is 10.6. The van der Waals surface area contributed by atoms with E-state index in [1.807, 2.05) is 13.8 Å². The Balaban J connectivity index is 2.62. The van der Waals surface area contributed by atoms with Crippen molar-refractivity contribution in [1.82, 2.24) is 10.3 Å². The number of nitrogens with two attached hydrogens (primary N) is 1. The van der Waals surface area contributed by atoms with Crippen molar-refractivity contribution in [3.05, 3.63) is 18.0 Å². The molecular formula is C15H27N3O4S. The minimum atomic E-state index is -3.59. The molecule has 132 valence electrons. The zero-order valence-corrected chi connectivity index (χ0v) is 15.0. The average Bonchev–Trinajstić information content (AvgIpc) is 2.85. The molecule has 0 radical (unpaired) electrons. The normalized spacial score (nSPS) is 14.7. The van der Waals surface area contributed by atoms with Gasteiger partial charge in [-0.05, 0) is 31.9 Å². The summed E-state index contributed by atoms with van der Waals surface area (Å²) in [6.45, 7) is 6.29. The molecule has 7 nitrogen and oxygen atoms in total. The Labute approximate surface area is 137 Å². The van der Waals surface area contributed by atoms with Crippen molar-refractivity contribution in [3.63, 3.8) is 0 Å². The molecule has 1 aromatic heterocycles. The number of nitrogen functional groups attached to an aromatic ring is 1. The Morgan fingerprint density at radius 3 is 2.61 bits per heavy atom. The van der Waals surface area contributed by atoms with Crippen LogP contribution in [0.5, 0.6) is 0 Å². The first kappa shape index (κ1) is 19.5. The Kier molecular flexibility index (Phi) is 6.64. The topological polar surface area (TPSA) is 114 Å². The predicted octanol–water partition coefficient (Wildman–Crippen LogP) is 1.08. The third-order valence-electron chi connectivity index (χ3n) is 3.66. The second-order valence-corrected chi connectivity index (χ2v) is 8.83. The van der Waals surface area contributed by atoms with Crippen molar-refractivity contribution in [2.45, 2.75) is 38.5 Å². The molecule has 0 bridgehead atoms. The van der Waals surface area contributed by atoms with E-state index in [9.17, 15) is 13.2 Å². The number of ether oxygens (including phenoxy) is 1. The molecule has 0 aliphatic rings. The lowest BCUT2D eigenvalue weighted by atomic mass is 10.1. The molecule has 8 heteroatoms. The van der Waals surface area contributed by atoms with Crippen molar-refractivity contribution in [2.75, 3.05) is 25.1 Å². The number of sulfone groups is 1. The largest absolute Gasteiger partial charge is 0.464 e. The second-order valence-electron chi connectivity index (χ2n) is 6.38. The molecule has 1 rings (SSSR count). The van der Waals surface area contributed by atoms with E-state index in [0.29, 0.717) is 18.8 Å². The van der Waals surface area contributed by atoms with E-state index < -0.39 is 20.6 Å². The van der Waals surface area contributed by atoms with Crippen molar-refractivity contribution in [1.29, 1.82) is 0 Å². The molecule has 0 amide bonds. The number of carbonyl (C=O) groups excluding carboxylic acids is 1. The lowest BCUT2D eigenvalue weighted by Gasteiger charge is -2.26. The number of carbonyl (C=O) groups is 1. The molecule has 0 saturated heterocycles. The van der Waals surface area contributed by atoms with Gasteiger partial charge in [0.15, 0.2) is 14.6 Å². The number of H-pyrrole nitrogens is 1. The molecule has 0 spiro atoms. The summed E-state index contributed by atoms with van der Waals surface area (Å²) in [7, 11) is -3.59. The first-order valence-corrected chi connectivity index (χ1v) is 9.45. The van der Waals surface area contributed by atoms with Gasteiger partial charge >= 0.3 is 5.97 Å². The zero-order chi connectivity index (χ0) is 17.7. The molecule has 0 unspecified atom stereocenters. The number of aromatic nitrogens is 1. The van der Waals surface area contributed by atoms with Crippen LogP contribution in [0.3, 0.4) is 0 Å². The summed E-state index contributed by atoms with van der Waals surface area (Å²) in [6, 6.07) is 1.79. The van der Waals surface area contributed by atoms with E-state index in [-0.39, 0.29) is 18.9 Å². The molecule has 0 aromatic carbocycles. The number of hydrogen-bond acceptors (Lipinski definition) is 6. The Morgan fingerprint density at radius 1 is 1.48 bits per heavy atom. The maximum atomic E-state index is 12.2. The van der Waals surface area contributed by atoms with E-state index in [2.05, 4.69) is 10.3 Å². The summed E-state index contributed by atoms with van der Waals surface area (Å²) in [5.74, 6) is -0.543. The molecule has 0 saturated carbocycles. The standard InChI is InChI=1S/C15H27N3O4S/c1-11(2)10-22-14(19)15(3,23(4,20)21)5-6-17-9-13-7-12(16)8-18-13/h7-8,11,17-18H,5-6,9-10,16H2,1-4H3/t15-/m1/s1. The van der Waals surface area contributed by atoms with Crippen LogP contribution in [-0.2, 0) is 25.9 Å². The Bertz CT molecular complexity index is 624. The minimum Gasteiger partial charge on any atom is -0.464 e. The maximum absolute atomic E-state index is 12.2. The Hall–Kier alpha value is -1.54. The lowest BCUT2D eigenvalue weighted by Crippen LogP contribution is -2.46. The van der Waals surface area contributed by atoms with E-state index in [4.69, 9.17) is 10.5 Å². The zero-order valence-electron chi connectivity index (χ0n) is 14.2. The van der Waals surface area contributed by atoms with E-state index in [1.165, 1.54) is 6.92 Å². The van der Waals surface area contributed by atoms with Crippen LogP contribution in [0.1, 0.15) is 32.9 Å². The van der Waals surface area contributed by atoms with Gasteiger partial charge in [-0.2, -0.15) is 0 Å². The van der Waals surface area contributed by atoms with Crippen LogP contribution in [0.25, 0.3) is 0 Å². The summed E-state index contributed by atoms with van der Waals surface area (Å²) in [5, 5.41) is 3.10. The summed E-state index contributed by atoms with van der Waals surface area (Å²) in [6.07, 6.45) is 2.88. The average molecular weight is 345 g/mol. The molecule has 1 aromatic rings. The van der Waals surface area contributed by atoms with Crippen molar-refractivity contribution in [2.24, 2.45) is 5.92 Å². The van der Waals surface area contributed by atoms with Gasteiger partial charge in [-0.1, -0.05) is 13.8 Å². The molecule has 1 atom stereocenters. The van der Waals surface area contributed by atoms with Crippen molar-refractivity contribution >= 4 is 21.5 Å². The van der Waals surface area contributed by atoms with Gasteiger partial charge < -0.3 is 20.8 Å². The highest BCUT2D eigenvalue weighted by atomic mass is 32.2. The summed E-state index contributed by atoms with van der Waals surface area (Å²) >= 11 is 0. The fourth-order valence-electron chi connectivity index (χ4n) is 1.95. The van der Waals surface area contributed by atoms with Gasteiger partial charge in [0.2, 0.25) is 0 Å². The van der Waals surface area contributed by atoms with E-state index in [0.717, 1.165) is 11.9 Å². The summed E-state index contributed by atoms with van der Waals surface area (Å²) in [5.41, 5.74) is 7.14. The highest BCUT2D eigenvalue weighted by Gasteiger charge is 2.44. The highest BCUT2D eigenvalue weighted by molar-refractivity contribution is 7.92. The molecular weight excluding hydrogens is 318 g/mol. The van der Waals surface area contributed by atoms with Gasteiger partial charge in [-0.3, -0.25) is 4.79 Å². The number of esters is 1. The van der Waals surface area contributed by atoms with Crippen LogP contribution in [0.15, 0.2) is 12.3 Å². The Morgan fingerprint density at radius 2 is 2.13 bits per heavy atom. The van der Waals surface area contributed by atoms with E-state index >= 15 is 0 Å². The van der Waals surface area contributed by atoms with E-state index in [1.54, 1.807) is 12.3 Å². The van der Waals surface area contributed by atoms with Crippen molar-refractivity contribution < 1.29 is 17.9 Å². The van der Waals surface area contributed by atoms with Crippen LogP contribution >= 0.6 is 0 Å². The third-order valence-corrected chi connectivity index (χ3v) is 5.66. The molecule has 0 aliphatic heterocycles. The number of rotatable bonds is 9. The fourth-order valence-corrected chi connectivity index (χ4v) is 2.78. The molecule has 0 fully saturated rings. The third kappa shape index (κ3) is 5.54. The summed E-state index contributed by atoms with van der Waals surface area (Å²) in [4.78, 5) is 15.2. The van der Waals surface area contributed by atoms with Gasteiger partial charge in [0.25, 0.3) is 0 Å². The highest BCUT2D eigenvalue weighted by Crippen LogP contribution is 2.23. The molecule has 4 N–H and O–H groups in total. The maximum Gasteiger partial charge on any atom is 0.327 e. The lowest BCUT2D eigenvalue weighted by molar-refractivity contribution is -0.147. The molecule has 1 heterocycles. The minimum absolute atomic E-state index is 0.138. The quantitative estimate of drug-likeness (QED) is 0.456. The van der Waals surface area contributed by atoms with Crippen LogP contribution < -0.4 is 11.1 Å². The van der Waals surface area contributed by atoms with Crippen LogP contribution in [-0.4, -0.2) is 43.5 Å². The summed E-state index contributed by atoms with van der Waals surface area (Å²) < 4.78 is 27.7. The van der Waals surface area contributed by atoms with Crippen LogP contribution in [0.4, 0.5) is 5.69 Å². The number of hydrogen-bond donors (Lipinski definition) is 3. The van der Waals surface area contributed by atoms with Gasteiger partial charge in [0.05, 0.1) is 6.61 Å². The van der Waals surface area contributed by atoms with Crippen molar-refractivity contribution in [3.8, 4) is 0 Å². The van der Waals surface area contributed by atoms with Gasteiger partial charge in [0.1, 0.15) is 0 Å². The van der Waals surface area contributed by atoms with Crippen LogP contribution in [0.2, 0.25) is 0 Å². The number of nitrogens with one attached hydrogen (secondary N) is 2. The number of aromatic amines is 1. The molecule has 0 aliphatic carbocycles. The molecule has 23 heavy (non-hydrogen) atoms. The predicted molar refractivity (Wildman–Crippen MR) is 90.6 cm³/mol. The second kappa shape index (κ2) is 7.83. The monoisotopic (exact) mass is 345 g/mol. The fraction of sp³-hybridized carbons (Fsp3) is 0.667. The van der Waals surface area contributed by atoms with Crippen LogP contribution in [0, 0.1) is 5.92 Å². The van der Waals surface area contributed by atoms with Gasteiger partial charge in [-0.25, -0.2) is 8.42 Å². The smallest absolute Gasteiger partial charge is 0.327 e. The first-order valence-electron chi connectivity index (χ1n) is 7.56. The number of anilines is 1. The SMILES string of the molecule is CC(C)COC(=O)[C@@](C)(CCNCc1cc(N)c[nH]1)S(C)(=O)=O. The van der Waals surface area contributed by atoms with Gasteiger partial charge in [-0.15, -0.1) is 0 Å².